The summed E-state index contributed by atoms with van der Waals surface area (Å²) in [5, 5.41) is 0. The van der Waals surface area contributed by atoms with Crippen LogP contribution in [0.2, 0.25) is 0 Å². The number of nitrogen functional groups attached to an aromatic ring is 1. The van der Waals surface area contributed by atoms with Gasteiger partial charge in [0.15, 0.2) is 5.82 Å². The van der Waals surface area contributed by atoms with Crippen molar-refractivity contribution in [2.45, 2.75) is 39.2 Å². The number of anilines is 1. The van der Waals surface area contributed by atoms with Gasteiger partial charge in [-0.1, -0.05) is 13.8 Å². The molecule has 1 aromatic heterocycles. The maximum absolute atomic E-state index is 5.86. The zero-order chi connectivity index (χ0) is 12.5. The Balaban J connectivity index is 3.35. The van der Waals surface area contributed by atoms with Crippen LogP contribution in [0.1, 0.15) is 45.1 Å². The molecule has 5 heteroatoms. The lowest BCUT2D eigenvalue weighted by atomic mass is 10.1. The number of hydrogen-bond donors (Lipinski definition) is 1. The number of halogens is 1. The van der Waals surface area contributed by atoms with E-state index in [1.54, 1.807) is 7.11 Å². The average molecular weight is 288 g/mol. The highest BCUT2D eigenvalue weighted by Gasteiger charge is 2.26. The van der Waals surface area contributed by atoms with Crippen LogP contribution < -0.4 is 5.73 Å². The number of hydrogen-bond acceptors (Lipinski definition) is 4. The van der Waals surface area contributed by atoms with Crippen LogP contribution in [0.4, 0.5) is 5.82 Å². The van der Waals surface area contributed by atoms with E-state index < -0.39 is 5.60 Å². The maximum Gasteiger partial charge on any atom is 0.162 e. The standard InChI is InChI=1S/C11H18BrN3O/c1-6(2)8-7(12)9(13)15-10(14-8)11(3,4)16-5/h6H,1-5H3,(H2,13,14,15). The average Bonchev–Trinajstić information content (AvgIpc) is 2.21. The molecule has 0 radical (unpaired) electrons. The summed E-state index contributed by atoms with van der Waals surface area (Å²) in [6, 6.07) is 0. The zero-order valence-electron chi connectivity index (χ0n) is 10.3. The molecule has 0 aliphatic rings. The molecule has 0 amide bonds. The van der Waals surface area contributed by atoms with E-state index >= 15 is 0 Å². The Bertz CT molecular complexity index is 391. The quantitative estimate of drug-likeness (QED) is 0.929. The summed E-state index contributed by atoms with van der Waals surface area (Å²) in [5.41, 5.74) is 6.24. The number of methoxy groups -OCH3 is 1. The first kappa shape index (κ1) is 13.4. The van der Waals surface area contributed by atoms with Gasteiger partial charge in [-0.15, -0.1) is 0 Å². The monoisotopic (exact) mass is 287 g/mol. The Morgan fingerprint density at radius 1 is 1.31 bits per heavy atom. The molecule has 2 N–H and O–H groups in total. The van der Waals surface area contributed by atoms with Gasteiger partial charge in [-0.25, -0.2) is 9.97 Å². The molecule has 4 nitrogen and oxygen atoms in total. The molecule has 0 spiro atoms. The van der Waals surface area contributed by atoms with Gasteiger partial charge in [-0.3, -0.25) is 0 Å². The van der Waals surface area contributed by atoms with Crippen molar-refractivity contribution < 1.29 is 4.74 Å². The van der Waals surface area contributed by atoms with Crippen LogP contribution in [-0.4, -0.2) is 17.1 Å². The van der Waals surface area contributed by atoms with E-state index in [9.17, 15) is 0 Å². The maximum atomic E-state index is 5.86. The van der Waals surface area contributed by atoms with Gasteiger partial charge in [-0.05, 0) is 35.7 Å². The smallest absolute Gasteiger partial charge is 0.162 e. The van der Waals surface area contributed by atoms with E-state index in [0.717, 1.165) is 10.2 Å². The van der Waals surface area contributed by atoms with Gasteiger partial charge in [0, 0.05) is 7.11 Å². The highest BCUT2D eigenvalue weighted by atomic mass is 79.9. The summed E-state index contributed by atoms with van der Waals surface area (Å²) in [6.45, 7) is 7.96. The Kier molecular flexibility index (Phi) is 3.91. The molecule has 1 aromatic rings. The van der Waals surface area contributed by atoms with Crippen molar-refractivity contribution in [2.24, 2.45) is 0 Å². The predicted molar refractivity (Wildman–Crippen MR) is 68.3 cm³/mol. The van der Waals surface area contributed by atoms with Gasteiger partial charge in [0.2, 0.25) is 0 Å². The van der Waals surface area contributed by atoms with Crippen molar-refractivity contribution in [3.05, 3.63) is 16.0 Å². The van der Waals surface area contributed by atoms with Gasteiger partial charge < -0.3 is 10.5 Å². The van der Waals surface area contributed by atoms with Gasteiger partial charge in [0.25, 0.3) is 0 Å². The Hall–Kier alpha value is -0.680. The van der Waals surface area contributed by atoms with Gasteiger partial charge in [0.1, 0.15) is 11.4 Å². The minimum Gasteiger partial charge on any atom is -0.383 e. The summed E-state index contributed by atoms with van der Waals surface area (Å²) < 4.78 is 6.13. The molecule has 0 aliphatic carbocycles. The van der Waals surface area contributed by atoms with Crippen molar-refractivity contribution in [1.29, 1.82) is 0 Å². The van der Waals surface area contributed by atoms with E-state index in [1.165, 1.54) is 0 Å². The summed E-state index contributed by atoms with van der Waals surface area (Å²) in [6.07, 6.45) is 0. The molecule has 0 saturated carbocycles. The lowest BCUT2D eigenvalue weighted by Crippen LogP contribution is -2.24. The molecule has 16 heavy (non-hydrogen) atoms. The molecule has 0 bridgehead atoms. The molecule has 1 heterocycles. The van der Waals surface area contributed by atoms with Crippen LogP contribution in [0.5, 0.6) is 0 Å². The molecule has 0 saturated heterocycles. The molecule has 1 rings (SSSR count). The Morgan fingerprint density at radius 3 is 2.31 bits per heavy atom. The fourth-order valence-corrected chi connectivity index (χ4v) is 1.86. The van der Waals surface area contributed by atoms with Crippen molar-refractivity contribution in [3.8, 4) is 0 Å². The fourth-order valence-electron chi connectivity index (χ4n) is 1.23. The predicted octanol–water partition coefficient (Wildman–Crippen LogP) is 2.83. The number of ether oxygens (including phenoxy) is 1. The molecule has 0 atom stereocenters. The Morgan fingerprint density at radius 2 is 1.88 bits per heavy atom. The molecular formula is C11H18BrN3O. The van der Waals surface area contributed by atoms with Crippen molar-refractivity contribution in [3.63, 3.8) is 0 Å². The Labute approximate surface area is 105 Å². The third-order valence-electron chi connectivity index (χ3n) is 2.50. The van der Waals surface area contributed by atoms with E-state index in [-0.39, 0.29) is 5.92 Å². The molecule has 0 aromatic carbocycles. The van der Waals surface area contributed by atoms with Gasteiger partial charge in [0.05, 0.1) is 10.2 Å². The van der Waals surface area contributed by atoms with E-state index in [1.807, 2.05) is 13.8 Å². The van der Waals surface area contributed by atoms with Gasteiger partial charge in [-0.2, -0.15) is 0 Å². The van der Waals surface area contributed by atoms with Crippen molar-refractivity contribution in [1.82, 2.24) is 9.97 Å². The lowest BCUT2D eigenvalue weighted by molar-refractivity contribution is 0.0113. The highest BCUT2D eigenvalue weighted by Crippen LogP contribution is 2.30. The van der Waals surface area contributed by atoms with E-state index in [0.29, 0.717) is 11.6 Å². The van der Waals surface area contributed by atoms with Gasteiger partial charge >= 0.3 is 0 Å². The first-order valence-corrected chi connectivity index (χ1v) is 5.97. The van der Waals surface area contributed by atoms with Crippen LogP contribution in [0.15, 0.2) is 4.47 Å². The first-order valence-electron chi connectivity index (χ1n) is 5.18. The van der Waals surface area contributed by atoms with Crippen molar-refractivity contribution >= 4 is 21.7 Å². The van der Waals surface area contributed by atoms with E-state index in [4.69, 9.17) is 10.5 Å². The molecule has 0 unspecified atom stereocenters. The zero-order valence-corrected chi connectivity index (χ0v) is 11.9. The topological polar surface area (TPSA) is 61.0 Å². The summed E-state index contributed by atoms with van der Waals surface area (Å²) in [5.74, 6) is 1.35. The number of aromatic nitrogens is 2. The van der Waals surface area contributed by atoms with Crippen molar-refractivity contribution in [2.75, 3.05) is 12.8 Å². The molecule has 0 fully saturated rings. The fraction of sp³-hybridized carbons (Fsp3) is 0.636. The lowest BCUT2D eigenvalue weighted by Gasteiger charge is -2.23. The third-order valence-corrected chi connectivity index (χ3v) is 3.31. The first-order chi connectivity index (χ1) is 7.29. The number of nitrogens with two attached hydrogens (primary N) is 1. The van der Waals surface area contributed by atoms with E-state index in [2.05, 4.69) is 39.7 Å². The molecule has 90 valence electrons. The second kappa shape index (κ2) is 4.67. The van der Waals surface area contributed by atoms with Crippen LogP contribution in [-0.2, 0) is 10.3 Å². The highest BCUT2D eigenvalue weighted by molar-refractivity contribution is 9.10. The summed E-state index contributed by atoms with van der Waals surface area (Å²) in [7, 11) is 1.64. The number of rotatable bonds is 3. The second-order valence-corrected chi connectivity index (χ2v) is 5.29. The molecular weight excluding hydrogens is 270 g/mol. The largest absolute Gasteiger partial charge is 0.383 e. The summed E-state index contributed by atoms with van der Waals surface area (Å²) >= 11 is 3.41. The third kappa shape index (κ3) is 2.52. The minimum atomic E-state index is -0.529. The SMILES string of the molecule is COC(C)(C)c1nc(N)c(Br)c(C(C)C)n1. The number of nitrogens with zero attached hydrogens (tertiary/aromatic N) is 2. The van der Waals surface area contributed by atoms with Crippen LogP contribution in [0.3, 0.4) is 0 Å². The van der Waals surface area contributed by atoms with Crippen LogP contribution in [0.25, 0.3) is 0 Å². The van der Waals surface area contributed by atoms with Crippen LogP contribution >= 0.6 is 15.9 Å². The summed E-state index contributed by atoms with van der Waals surface area (Å²) in [4.78, 5) is 8.77. The normalized spacial score (nSPS) is 12.2. The second-order valence-electron chi connectivity index (χ2n) is 4.50. The minimum absolute atomic E-state index is 0.283. The molecule has 0 aliphatic heterocycles. The van der Waals surface area contributed by atoms with Crippen LogP contribution in [0, 0.1) is 0 Å².